The van der Waals surface area contributed by atoms with Gasteiger partial charge in [-0.1, -0.05) is 6.07 Å². The molecule has 146 valence electrons. The van der Waals surface area contributed by atoms with Crippen molar-refractivity contribution in [2.45, 2.75) is 26.7 Å². The van der Waals surface area contributed by atoms with E-state index in [1.807, 2.05) is 19.1 Å². The first kappa shape index (κ1) is 20.7. The molecule has 1 unspecified atom stereocenters. The summed E-state index contributed by atoms with van der Waals surface area (Å²) in [5.41, 5.74) is 6.77. The molecule has 0 aliphatic carbocycles. The minimum Gasteiger partial charge on any atom is -0.490 e. The van der Waals surface area contributed by atoms with Crippen molar-refractivity contribution in [3.8, 4) is 23.6 Å². The van der Waals surface area contributed by atoms with Crippen molar-refractivity contribution in [2.24, 2.45) is 5.73 Å². The Labute approximate surface area is 163 Å². The van der Waals surface area contributed by atoms with Crippen LogP contribution in [0.25, 0.3) is 0 Å². The third-order valence-corrected chi connectivity index (χ3v) is 3.99. The van der Waals surface area contributed by atoms with Gasteiger partial charge in [0.15, 0.2) is 18.1 Å². The topological polar surface area (TPSA) is 128 Å². The van der Waals surface area contributed by atoms with Crippen LogP contribution in [0.2, 0.25) is 0 Å². The lowest BCUT2D eigenvalue weighted by Crippen LogP contribution is -2.25. The van der Waals surface area contributed by atoms with Crippen LogP contribution in [0.4, 0.5) is 0 Å². The number of rotatable bonds is 7. The van der Waals surface area contributed by atoms with Crippen LogP contribution >= 0.6 is 0 Å². The molecule has 0 aromatic heterocycles. The van der Waals surface area contributed by atoms with Crippen LogP contribution in [0.1, 0.15) is 32.3 Å². The molecule has 8 nitrogen and oxygen atoms in total. The minimum absolute atomic E-state index is 0.0687. The molecule has 1 heterocycles. The van der Waals surface area contributed by atoms with Crippen molar-refractivity contribution in [1.82, 2.24) is 0 Å². The van der Waals surface area contributed by atoms with Crippen LogP contribution in [0.5, 0.6) is 11.5 Å². The van der Waals surface area contributed by atoms with E-state index in [1.165, 1.54) is 0 Å². The van der Waals surface area contributed by atoms with Gasteiger partial charge in [0.2, 0.25) is 5.88 Å². The van der Waals surface area contributed by atoms with E-state index in [2.05, 4.69) is 0 Å². The number of nitriles is 2. The molecule has 2 N–H and O–H groups in total. The summed E-state index contributed by atoms with van der Waals surface area (Å²) in [6, 6.07) is 8.88. The first-order chi connectivity index (χ1) is 13.5. The number of benzene rings is 1. The first-order valence-corrected chi connectivity index (χ1v) is 8.70. The second-order valence-electron chi connectivity index (χ2n) is 5.70. The lowest BCUT2D eigenvalue weighted by Gasteiger charge is -2.27. The Bertz CT molecular complexity index is 905. The van der Waals surface area contributed by atoms with Gasteiger partial charge in [-0.05, 0) is 38.5 Å². The molecule has 0 spiro atoms. The van der Waals surface area contributed by atoms with Crippen molar-refractivity contribution in [1.29, 1.82) is 10.5 Å². The first-order valence-electron chi connectivity index (χ1n) is 8.70. The molecule has 28 heavy (non-hydrogen) atoms. The predicted octanol–water partition coefficient (Wildman–Crippen LogP) is 2.63. The number of ether oxygens (including phenoxy) is 4. The lowest BCUT2D eigenvalue weighted by molar-refractivity contribution is -0.139. The summed E-state index contributed by atoms with van der Waals surface area (Å²) in [7, 11) is 0. The van der Waals surface area contributed by atoms with Gasteiger partial charge in [-0.3, -0.25) is 0 Å². The number of nitrogens with zero attached hydrogens (tertiary/aromatic N) is 2. The summed E-state index contributed by atoms with van der Waals surface area (Å²) in [5, 5.41) is 18.4. The summed E-state index contributed by atoms with van der Waals surface area (Å²) in [6.07, 6.45) is 0. The van der Waals surface area contributed by atoms with Crippen molar-refractivity contribution >= 4 is 5.97 Å². The molecule has 2 rings (SSSR count). The van der Waals surface area contributed by atoms with E-state index in [0.717, 1.165) is 0 Å². The smallest absolute Gasteiger partial charge is 0.338 e. The van der Waals surface area contributed by atoms with Crippen molar-refractivity contribution < 1.29 is 23.7 Å². The van der Waals surface area contributed by atoms with Crippen molar-refractivity contribution in [3.05, 3.63) is 46.6 Å². The monoisotopic (exact) mass is 383 g/mol. The molecule has 0 amide bonds. The highest BCUT2D eigenvalue weighted by Crippen LogP contribution is 2.42. The number of nitrogens with two attached hydrogens (primary N) is 1. The minimum atomic E-state index is -0.776. The summed E-state index contributed by atoms with van der Waals surface area (Å²) < 4.78 is 21.5. The Morgan fingerprint density at radius 3 is 2.57 bits per heavy atom. The maximum atomic E-state index is 12.6. The predicted molar refractivity (Wildman–Crippen MR) is 98.7 cm³/mol. The van der Waals surface area contributed by atoms with E-state index < -0.39 is 11.9 Å². The van der Waals surface area contributed by atoms with Gasteiger partial charge >= 0.3 is 5.97 Å². The van der Waals surface area contributed by atoms with Crippen LogP contribution in [0.3, 0.4) is 0 Å². The van der Waals surface area contributed by atoms with E-state index in [4.69, 9.17) is 29.9 Å². The second kappa shape index (κ2) is 9.33. The fraction of sp³-hybridized carbons (Fsp3) is 0.350. The van der Waals surface area contributed by atoms with Crippen LogP contribution in [-0.4, -0.2) is 25.8 Å². The average molecular weight is 383 g/mol. The number of esters is 1. The zero-order valence-corrected chi connectivity index (χ0v) is 15.9. The number of hydrogen-bond acceptors (Lipinski definition) is 8. The van der Waals surface area contributed by atoms with Crippen molar-refractivity contribution in [2.75, 3.05) is 19.8 Å². The molecule has 0 saturated carbocycles. The van der Waals surface area contributed by atoms with Crippen LogP contribution in [-0.2, 0) is 14.3 Å². The highest BCUT2D eigenvalue weighted by Gasteiger charge is 2.36. The number of carbonyl (C=O) groups is 1. The number of allylic oxidation sites excluding steroid dienone is 2. The Balaban J connectivity index is 2.60. The average Bonchev–Trinajstić information content (AvgIpc) is 2.66. The normalized spacial score (nSPS) is 16.0. The maximum absolute atomic E-state index is 12.6. The van der Waals surface area contributed by atoms with E-state index >= 15 is 0 Å². The molecule has 1 atom stereocenters. The lowest BCUT2D eigenvalue weighted by atomic mass is 9.83. The quantitative estimate of drug-likeness (QED) is 0.712. The third-order valence-electron chi connectivity index (χ3n) is 3.99. The van der Waals surface area contributed by atoms with Gasteiger partial charge in [0.1, 0.15) is 23.5 Å². The molecule has 1 aromatic carbocycles. The van der Waals surface area contributed by atoms with Gasteiger partial charge in [-0.15, -0.1) is 0 Å². The Morgan fingerprint density at radius 1 is 1.21 bits per heavy atom. The van der Waals surface area contributed by atoms with Gasteiger partial charge in [0, 0.05) is 0 Å². The van der Waals surface area contributed by atoms with E-state index in [-0.39, 0.29) is 36.0 Å². The largest absolute Gasteiger partial charge is 0.490 e. The second-order valence-corrected chi connectivity index (χ2v) is 5.70. The molecule has 1 aromatic rings. The van der Waals surface area contributed by atoms with Crippen LogP contribution in [0, 0.1) is 22.7 Å². The van der Waals surface area contributed by atoms with Gasteiger partial charge < -0.3 is 24.7 Å². The van der Waals surface area contributed by atoms with E-state index in [9.17, 15) is 10.1 Å². The summed E-state index contributed by atoms with van der Waals surface area (Å²) in [6.45, 7) is 5.49. The van der Waals surface area contributed by atoms with E-state index in [0.29, 0.717) is 23.7 Å². The van der Waals surface area contributed by atoms with Gasteiger partial charge in [0.05, 0.1) is 24.7 Å². The summed E-state index contributed by atoms with van der Waals surface area (Å²) >= 11 is 0. The molecular formula is C20H21N3O5. The molecule has 0 bridgehead atoms. The van der Waals surface area contributed by atoms with Gasteiger partial charge in [-0.25, -0.2) is 4.79 Å². The number of carbonyl (C=O) groups excluding carboxylic acids is 1. The maximum Gasteiger partial charge on any atom is 0.338 e. The fourth-order valence-corrected chi connectivity index (χ4v) is 2.89. The van der Waals surface area contributed by atoms with Crippen LogP contribution < -0.4 is 15.2 Å². The summed E-state index contributed by atoms with van der Waals surface area (Å²) in [5.74, 6) is -0.398. The molecule has 1 aliphatic rings. The molecule has 1 aliphatic heterocycles. The fourth-order valence-electron chi connectivity index (χ4n) is 2.89. The molecule has 8 heteroatoms. The Kier molecular flexibility index (Phi) is 6.89. The molecule has 0 saturated heterocycles. The molecule has 0 radical (unpaired) electrons. The third kappa shape index (κ3) is 4.18. The zero-order chi connectivity index (χ0) is 20.7. The van der Waals surface area contributed by atoms with E-state index in [1.54, 1.807) is 32.0 Å². The molecular weight excluding hydrogens is 362 g/mol. The highest BCUT2D eigenvalue weighted by molar-refractivity contribution is 5.92. The van der Waals surface area contributed by atoms with Gasteiger partial charge in [-0.2, -0.15) is 10.5 Å². The molecule has 0 fully saturated rings. The van der Waals surface area contributed by atoms with Gasteiger partial charge in [0.25, 0.3) is 0 Å². The van der Waals surface area contributed by atoms with Crippen LogP contribution in [0.15, 0.2) is 41.0 Å². The zero-order valence-electron chi connectivity index (χ0n) is 15.9. The number of hydrogen-bond donors (Lipinski definition) is 1. The Morgan fingerprint density at radius 2 is 1.96 bits per heavy atom. The standard InChI is InChI=1S/C20H21N3O5/c1-4-25-16-10-13(6-7-15(16)27-9-8-21)18-14(11-22)19(23)28-12(3)17(18)20(24)26-5-2/h6-7,10,18H,4-5,9,23H2,1-3H3. The highest BCUT2D eigenvalue weighted by atomic mass is 16.5. The SMILES string of the molecule is CCOC(=O)C1=C(C)OC(N)=C(C#N)C1c1ccc(OCC#N)c(OCC)c1. The Hall–Kier alpha value is -3.65. The van der Waals surface area contributed by atoms with Crippen molar-refractivity contribution in [3.63, 3.8) is 0 Å². The summed E-state index contributed by atoms with van der Waals surface area (Å²) in [4.78, 5) is 12.6.